The normalized spacial score (nSPS) is 12.1. The topological polar surface area (TPSA) is 55.4 Å². The molecule has 0 saturated carbocycles. The molecule has 1 N–H and O–H groups in total. The van der Waals surface area contributed by atoms with Crippen LogP contribution >= 0.6 is 11.6 Å². The van der Waals surface area contributed by atoms with Crippen LogP contribution in [0.4, 0.5) is 4.79 Å². The van der Waals surface area contributed by atoms with Crippen molar-refractivity contribution in [2.24, 2.45) is 0 Å². The Labute approximate surface area is 108 Å². The predicted molar refractivity (Wildman–Crippen MR) is 68.4 cm³/mol. The first-order valence-corrected chi connectivity index (χ1v) is 6.34. The highest BCUT2D eigenvalue weighted by atomic mass is 35.5. The van der Waals surface area contributed by atoms with Gasteiger partial charge in [-0.25, -0.2) is 4.79 Å². The number of ether oxygens (including phenoxy) is 1. The SMILES string of the molecule is CCC(CC)(NC(=O)OC(C)(C)C)C(=O)CCl. The minimum Gasteiger partial charge on any atom is -0.444 e. The van der Waals surface area contributed by atoms with E-state index in [-0.39, 0.29) is 11.7 Å². The molecule has 0 radical (unpaired) electrons. The van der Waals surface area contributed by atoms with Crippen LogP contribution in [0.2, 0.25) is 0 Å². The smallest absolute Gasteiger partial charge is 0.408 e. The summed E-state index contributed by atoms with van der Waals surface area (Å²) in [7, 11) is 0. The lowest BCUT2D eigenvalue weighted by atomic mass is 9.89. The summed E-state index contributed by atoms with van der Waals surface area (Å²) in [6.45, 7) is 9.00. The lowest BCUT2D eigenvalue weighted by molar-refractivity contribution is -0.123. The predicted octanol–water partition coefficient (Wildman–Crippen LogP) is 2.88. The molecule has 4 nitrogen and oxygen atoms in total. The molecule has 0 aromatic heterocycles. The number of rotatable bonds is 5. The fourth-order valence-electron chi connectivity index (χ4n) is 1.52. The third kappa shape index (κ3) is 4.94. The van der Waals surface area contributed by atoms with E-state index >= 15 is 0 Å². The van der Waals surface area contributed by atoms with E-state index in [4.69, 9.17) is 16.3 Å². The highest BCUT2D eigenvalue weighted by molar-refractivity contribution is 6.29. The molecule has 100 valence electrons. The second-order valence-corrected chi connectivity index (χ2v) is 5.24. The Hall–Kier alpha value is -0.770. The van der Waals surface area contributed by atoms with Gasteiger partial charge in [0, 0.05) is 0 Å². The van der Waals surface area contributed by atoms with Crippen molar-refractivity contribution in [2.75, 3.05) is 5.88 Å². The van der Waals surface area contributed by atoms with E-state index in [2.05, 4.69) is 5.32 Å². The van der Waals surface area contributed by atoms with Crippen LogP contribution in [0.1, 0.15) is 47.5 Å². The first kappa shape index (κ1) is 16.2. The number of nitrogens with one attached hydrogen (secondary N) is 1. The van der Waals surface area contributed by atoms with Crippen molar-refractivity contribution in [1.29, 1.82) is 0 Å². The molecule has 17 heavy (non-hydrogen) atoms. The Morgan fingerprint density at radius 3 is 1.94 bits per heavy atom. The van der Waals surface area contributed by atoms with E-state index in [9.17, 15) is 9.59 Å². The van der Waals surface area contributed by atoms with Crippen molar-refractivity contribution in [3.63, 3.8) is 0 Å². The van der Waals surface area contributed by atoms with Crippen molar-refractivity contribution >= 4 is 23.5 Å². The van der Waals surface area contributed by atoms with Crippen LogP contribution in [0, 0.1) is 0 Å². The molecule has 0 bridgehead atoms. The average molecular weight is 264 g/mol. The van der Waals surface area contributed by atoms with E-state index in [0.717, 1.165) is 0 Å². The van der Waals surface area contributed by atoms with Crippen molar-refractivity contribution in [1.82, 2.24) is 5.32 Å². The van der Waals surface area contributed by atoms with Gasteiger partial charge in [-0.05, 0) is 33.6 Å². The van der Waals surface area contributed by atoms with Gasteiger partial charge in [-0.2, -0.15) is 0 Å². The van der Waals surface area contributed by atoms with Crippen LogP contribution in [0.3, 0.4) is 0 Å². The van der Waals surface area contributed by atoms with E-state index in [1.54, 1.807) is 20.8 Å². The van der Waals surface area contributed by atoms with Crippen molar-refractivity contribution in [3.05, 3.63) is 0 Å². The van der Waals surface area contributed by atoms with Gasteiger partial charge in [-0.1, -0.05) is 13.8 Å². The van der Waals surface area contributed by atoms with Gasteiger partial charge in [0.15, 0.2) is 5.78 Å². The van der Waals surface area contributed by atoms with E-state index < -0.39 is 17.2 Å². The number of hydrogen-bond donors (Lipinski definition) is 1. The van der Waals surface area contributed by atoms with E-state index in [1.165, 1.54) is 0 Å². The zero-order valence-corrected chi connectivity index (χ0v) is 12.0. The number of amides is 1. The summed E-state index contributed by atoms with van der Waals surface area (Å²) in [6, 6.07) is 0. The van der Waals surface area contributed by atoms with Crippen LogP contribution < -0.4 is 5.32 Å². The van der Waals surface area contributed by atoms with Crippen molar-refractivity contribution in [3.8, 4) is 0 Å². The number of carbonyl (C=O) groups excluding carboxylic acids is 2. The molecular formula is C12H22ClNO3. The fraction of sp³-hybridized carbons (Fsp3) is 0.833. The first-order valence-electron chi connectivity index (χ1n) is 5.81. The maximum Gasteiger partial charge on any atom is 0.408 e. The van der Waals surface area contributed by atoms with Gasteiger partial charge in [-0.15, -0.1) is 11.6 Å². The lowest BCUT2D eigenvalue weighted by Crippen LogP contribution is -2.55. The van der Waals surface area contributed by atoms with Crippen molar-refractivity contribution in [2.45, 2.75) is 58.6 Å². The monoisotopic (exact) mass is 263 g/mol. The van der Waals surface area contributed by atoms with E-state index in [1.807, 2.05) is 13.8 Å². The molecule has 0 aromatic carbocycles. The second-order valence-electron chi connectivity index (χ2n) is 4.97. The molecule has 0 spiro atoms. The van der Waals surface area contributed by atoms with Gasteiger partial charge >= 0.3 is 6.09 Å². The van der Waals surface area contributed by atoms with Gasteiger partial charge in [0.05, 0.1) is 5.88 Å². The van der Waals surface area contributed by atoms with Crippen LogP contribution in [0.25, 0.3) is 0 Å². The summed E-state index contributed by atoms with van der Waals surface area (Å²) in [5, 5.41) is 2.64. The Balaban J connectivity index is 4.77. The van der Waals surface area contributed by atoms with Gasteiger partial charge < -0.3 is 10.1 Å². The summed E-state index contributed by atoms with van der Waals surface area (Å²) < 4.78 is 5.15. The highest BCUT2D eigenvalue weighted by Gasteiger charge is 2.36. The third-order valence-electron chi connectivity index (χ3n) is 2.60. The number of alkyl halides is 1. The number of Topliss-reactive ketones (excluding diaryl/α,β-unsaturated/α-hetero) is 1. The van der Waals surface area contributed by atoms with E-state index in [0.29, 0.717) is 12.8 Å². The third-order valence-corrected chi connectivity index (χ3v) is 2.85. The maximum absolute atomic E-state index is 11.8. The minimum absolute atomic E-state index is 0.114. The van der Waals surface area contributed by atoms with Crippen molar-refractivity contribution < 1.29 is 14.3 Å². The minimum atomic E-state index is -0.913. The zero-order valence-electron chi connectivity index (χ0n) is 11.2. The molecule has 0 atom stereocenters. The Kier molecular flexibility index (Phi) is 5.96. The largest absolute Gasteiger partial charge is 0.444 e. The fourth-order valence-corrected chi connectivity index (χ4v) is 1.77. The number of halogens is 1. The Morgan fingerprint density at radius 1 is 1.18 bits per heavy atom. The molecule has 1 amide bonds. The molecule has 0 fully saturated rings. The highest BCUT2D eigenvalue weighted by Crippen LogP contribution is 2.18. The standard InChI is InChI=1S/C12H22ClNO3/c1-6-12(7-2,9(15)8-13)14-10(16)17-11(3,4)5/h6-8H2,1-5H3,(H,14,16). The van der Waals surface area contributed by atoms with Crippen LogP contribution in [-0.2, 0) is 9.53 Å². The second kappa shape index (κ2) is 6.24. The number of hydrogen-bond acceptors (Lipinski definition) is 3. The van der Waals surface area contributed by atoms with Gasteiger partial charge in [-0.3, -0.25) is 4.79 Å². The Bertz CT molecular complexity index is 280. The molecule has 0 aliphatic rings. The summed E-state index contributed by atoms with van der Waals surface area (Å²) in [5.41, 5.74) is -1.49. The Morgan fingerprint density at radius 2 is 1.65 bits per heavy atom. The number of ketones is 1. The molecule has 0 heterocycles. The summed E-state index contributed by atoms with van der Waals surface area (Å²) >= 11 is 5.57. The first-order chi connectivity index (χ1) is 7.70. The van der Waals surface area contributed by atoms with Gasteiger partial charge in [0.2, 0.25) is 0 Å². The molecule has 0 aromatic rings. The summed E-state index contributed by atoms with van der Waals surface area (Å²) in [6.07, 6.45) is 0.405. The molecule has 0 saturated heterocycles. The van der Waals surface area contributed by atoms with Crippen LogP contribution in [-0.4, -0.2) is 28.9 Å². The van der Waals surface area contributed by atoms with Gasteiger partial charge in [0.1, 0.15) is 11.1 Å². The number of alkyl carbamates (subject to hydrolysis) is 1. The maximum atomic E-state index is 11.8. The molecule has 0 rings (SSSR count). The van der Waals surface area contributed by atoms with Crippen LogP contribution in [0.5, 0.6) is 0 Å². The lowest BCUT2D eigenvalue weighted by Gasteiger charge is -2.31. The summed E-state index contributed by atoms with van der Waals surface area (Å²) in [5.74, 6) is -0.299. The zero-order chi connectivity index (χ0) is 13.7. The number of carbonyl (C=O) groups is 2. The molecular weight excluding hydrogens is 242 g/mol. The van der Waals surface area contributed by atoms with Crippen LogP contribution in [0.15, 0.2) is 0 Å². The molecule has 5 heteroatoms. The summed E-state index contributed by atoms with van der Waals surface area (Å²) in [4.78, 5) is 23.5. The van der Waals surface area contributed by atoms with Gasteiger partial charge in [0.25, 0.3) is 0 Å². The quantitative estimate of drug-likeness (QED) is 0.776. The molecule has 0 aliphatic heterocycles. The molecule has 0 aliphatic carbocycles. The molecule has 0 unspecified atom stereocenters. The average Bonchev–Trinajstić information content (AvgIpc) is 2.22.